The Balaban J connectivity index is 0.00000109. The summed E-state index contributed by atoms with van der Waals surface area (Å²) in [6.07, 6.45) is -0.502. The lowest BCUT2D eigenvalue weighted by atomic mass is 10.1. The summed E-state index contributed by atoms with van der Waals surface area (Å²) in [5.41, 5.74) is 2.58. The van der Waals surface area contributed by atoms with Gasteiger partial charge in [0.2, 0.25) is 0 Å². The molecule has 0 aliphatic carbocycles. The first-order chi connectivity index (χ1) is 12.1. The summed E-state index contributed by atoms with van der Waals surface area (Å²) in [5, 5.41) is 10.3. The Morgan fingerprint density at radius 3 is 2.08 bits per heavy atom. The third-order valence-corrected chi connectivity index (χ3v) is 4.49. The van der Waals surface area contributed by atoms with Crippen LogP contribution in [-0.4, -0.2) is 31.3 Å². The van der Waals surface area contributed by atoms with Crippen LogP contribution in [0.4, 0.5) is 15.8 Å². The molecule has 0 aromatic heterocycles. The number of para-hydroxylation sites is 1. The fraction of sp³-hybridized carbons (Fsp3) is 0.400. The van der Waals surface area contributed by atoms with Gasteiger partial charge in [-0.3, -0.25) is 0 Å². The van der Waals surface area contributed by atoms with Crippen molar-refractivity contribution in [3.8, 4) is 0 Å². The molecule has 3 nitrogen and oxygen atoms in total. The zero-order valence-electron chi connectivity index (χ0n) is 15.0. The van der Waals surface area contributed by atoms with Gasteiger partial charge < -0.3 is 14.9 Å². The van der Waals surface area contributed by atoms with Crippen LogP contribution in [0.5, 0.6) is 0 Å². The first-order valence-electron chi connectivity index (χ1n) is 8.78. The van der Waals surface area contributed by atoms with Gasteiger partial charge in [-0.15, -0.1) is 0 Å². The largest absolute Gasteiger partial charge is 0.389 e. The summed E-state index contributed by atoms with van der Waals surface area (Å²) >= 11 is 5.82. The Kier molecular flexibility index (Phi) is 7.09. The van der Waals surface area contributed by atoms with Crippen molar-refractivity contribution in [1.82, 2.24) is 0 Å². The highest BCUT2D eigenvalue weighted by atomic mass is 35.5. The molecule has 0 amide bonds. The molecule has 0 spiro atoms. The van der Waals surface area contributed by atoms with Gasteiger partial charge >= 0.3 is 0 Å². The van der Waals surface area contributed by atoms with Crippen LogP contribution in [-0.2, 0) is 0 Å². The lowest BCUT2D eigenvalue weighted by Gasteiger charge is -2.38. The van der Waals surface area contributed by atoms with Crippen LogP contribution in [0.25, 0.3) is 0 Å². The van der Waals surface area contributed by atoms with Crippen LogP contribution < -0.4 is 9.80 Å². The van der Waals surface area contributed by atoms with Gasteiger partial charge in [0.05, 0.1) is 11.8 Å². The van der Waals surface area contributed by atoms with Gasteiger partial charge in [-0.1, -0.05) is 43.6 Å². The summed E-state index contributed by atoms with van der Waals surface area (Å²) in [6.45, 7) is 8.80. The second-order valence-corrected chi connectivity index (χ2v) is 6.24. The number of hydrogen-bond acceptors (Lipinski definition) is 3. The van der Waals surface area contributed by atoms with Crippen LogP contribution in [0, 0.1) is 5.82 Å². The Morgan fingerprint density at radius 1 is 0.960 bits per heavy atom. The van der Waals surface area contributed by atoms with Crippen molar-refractivity contribution in [3.05, 3.63) is 58.9 Å². The number of piperazine rings is 1. The molecule has 1 aliphatic rings. The van der Waals surface area contributed by atoms with E-state index in [1.807, 2.05) is 43.0 Å². The Labute approximate surface area is 154 Å². The highest BCUT2D eigenvalue weighted by molar-refractivity contribution is 6.30. The molecule has 1 unspecified atom stereocenters. The molecule has 25 heavy (non-hydrogen) atoms. The van der Waals surface area contributed by atoms with Crippen molar-refractivity contribution in [2.45, 2.75) is 26.9 Å². The van der Waals surface area contributed by atoms with E-state index >= 15 is 0 Å². The highest BCUT2D eigenvalue weighted by Crippen LogP contribution is 2.29. The quantitative estimate of drug-likeness (QED) is 0.840. The van der Waals surface area contributed by atoms with E-state index in [0.29, 0.717) is 10.7 Å². The van der Waals surface area contributed by atoms with Crippen molar-refractivity contribution < 1.29 is 9.50 Å². The Morgan fingerprint density at radius 2 is 1.52 bits per heavy atom. The van der Waals surface area contributed by atoms with E-state index in [9.17, 15) is 9.50 Å². The van der Waals surface area contributed by atoms with Crippen molar-refractivity contribution in [2.24, 2.45) is 0 Å². The normalized spacial score (nSPS) is 15.4. The van der Waals surface area contributed by atoms with E-state index < -0.39 is 6.10 Å². The molecule has 0 radical (unpaired) electrons. The minimum absolute atomic E-state index is 0.282. The number of anilines is 2. The fourth-order valence-corrected chi connectivity index (χ4v) is 3.21. The van der Waals surface area contributed by atoms with E-state index in [0.717, 1.165) is 37.4 Å². The Hall–Kier alpha value is -1.78. The van der Waals surface area contributed by atoms with Crippen LogP contribution in [0.2, 0.25) is 5.02 Å². The predicted octanol–water partition coefficient (Wildman–Crippen LogP) is 4.89. The number of benzene rings is 2. The average Bonchev–Trinajstić information content (AvgIpc) is 2.64. The molecule has 3 rings (SSSR count). The van der Waals surface area contributed by atoms with Gasteiger partial charge in [0, 0.05) is 42.5 Å². The fourth-order valence-electron chi connectivity index (χ4n) is 3.05. The lowest BCUT2D eigenvalue weighted by Crippen LogP contribution is -2.47. The number of aliphatic hydroxyl groups excluding tert-OH is 1. The Bertz CT molecular complexity index is 685. The third kappa shape index (κ3) is 4.65. The van der Waals surface area contributed by atoms with Crippen LogP contribution >= 0.6 is 11.6 Å². The maximum absolute atomic E-state index is 14.1. The molecule has 1 saturated heterocycles. The van der Waals surface area contributed by atoms with Gasteiger partial charge in [-0.05, 0) is 31.2 Å². The summed E-state index contributed by atoms with van der Waals surface area (Å²) in [4.78, 5) is 4.28. The number of aliphatic hydroxyl groups is 1. The second kappa shape index (κ2) is 9.07. The zero-order valence-corrected chi connectivity index (χ0v) is 15.8. The molecule has 1 atom stereocenters. The molecule has 0 saturated carbocycles. The monoisotopic (exact) mass is 364 g/mol. The zero-order chi connectivity index (χ0) is 18.4. The van der Waals surface area contributed by atoms with Gasteiger partial charge in [0.25, 0.3) is 0 Å². The highest BCUT2D eigenvalue weighted by Gasteiger charge is 2.22. The minimum Gasteiger partial charge on any atom is -0.389 e. The van der Waals surface area contributed by atoms with Gasteiger partial charge in [0.15, 0.2) is 0 Å². The van der Waals surface area contributed by atoms with Crippen LogP contribution in [0.3, 0.4) is 0 Å². The molecule has 1 N–H and O–H groups in total. The first-order valence-corrected chi connectivity index (χ1v) is 9.16. The molecule has 2 aromatic carbocycles. The third-order valence-electron chi connectivity index (χ3n) is 4.26. The molecule has 0 bridgehead atoms. The maximum Gasteiger partial charge on any atom is 0.147 e. The van der Waals surface area contributed by atoms with Crippen molar-refractivity contribution in [2.75, 3.05) is 36.0 Å². The smallest absolute Gasteiger partial charge is 0.147 e. The predicted molar refractivity (Wildman–Crippen MR) is 104 cm³/mol. The average molecular weight is 365 g/mol. The standard InChI is InChI=1S/C18H20ClFN2O.C2H6/c1-13(23)15-4-2-3-5-17(15)21-8-10-22(11-9-21)18-7-6-14(19)12-16(18)20;1-2/h2-7,12-13,23H,8-11H2,1H3;1-2H3. The summed E-state index contributed by atoms with van der Waals surface area (Å²) < 4.78 is 14.1. The van der Waals surface area contributed by atoms with Gasteiger partial charge in [-0.25, -0.2) is 4.39 Å². The number of hydrogen-bond donors (Lipinski definition) is 1. The van der Waals surface area contributed by atoms with E-state index in [4.69, 9.17) is 11.6 Å². The minimum atomic E-state index is -0.502. The van der Waals surface area contributed by atoms with Gasteiger partial charge in [-0.2, -0.15) is 0 Å². The molecular weight excluding hydrogens is 339 g/mol. The summed E-state index contributed by atoms with van der Waals surface area (Å²) in [5.74, 6) is -0.282. The summed E-state index contributed by atoms with van der Waals surface area (Å²) in [7, 11) is 0. The van der Waals surface area contributed by atoms with Crippen LogP contribution in [0.1, 0.15) is 32.4 Å². The SMILES string of the molecule is CC.CC(O)c1ccccc1N1CCN(c2ccc(Cl)cc2F)CC1. The number of rotatable bonds is 3. The van der Waals surface area contributed by atoms with Crippen molar-refractivity contribution in [1.29, 1.82) is 0 Å². The van der Waals surface area contributed by atoms with E-state index in [1.54, 1.807) is 19.1 Å². The molecule has 5 heteroatoms. The van der Waals surface area contributed by atoms with Gasteiger partial charge in [0.1, 0.15) is 5.82 Å². The van der Waals surface area contributed by atoms with Crippen molar-refractivity contribution >= 4 is 23.0 Å². The second-order valence-electron chi connectivity index (χ2n) is 5.80. The lowest BCUT2D eigenvalue weighted by molar-refractivity contribution is 0.199. The van der Waals surface area contributed by atoms with Crippen LogP contribution in [0.15, 0.2) is 42.5 Å². The maximum atomic E-state index is 14.1. The molecule has 1 fully saturated rings. The summed E-state index contributed by atoms with van der Waals surface area (Å²) in [6, 6.07) is 12.7. The molecule has 2 aromatic rings. The van der Waals surface area contributed by atoms with Crippen molar-refractivity contribution in [3.63, 3.8) is 0 Å². The number of nitrogens with zero attached hydrogens (tertiary/aromatic N) is 2. The topological polar surface area (TPSA) is 26.7 Å². The molecule has 1 heterocycles. The van der Waals surface area contributed by atoms with E-state index in [2.05, 4.69) is 4.90 Å². The van der Waals surface area contributed by atoms with E-state index in [-0.39, 0.29) is 5.82 Å². The van der Waals surface area contributed by atoms with E-state index in [1.165, 1.54) is 6.07 Å². The molecule has 136 valence electrons. The number of halogens is 2. The molecule has 1 aliphatic heterocycles. The first kappa shape index (κ1) is 19.5. The molecular formula is C20H26ClFN2O.